The smallest absolute Gasteiger partial charge is 0.338 e. The van der Waals surface area contributed by atoms with Gasteiger partial charge in [-0.1, -0.05) is 27.2 Å². The highest BCUT2D eigenvalue weighted by atomic mass is 16.6. The van der Waals surface area contributed by atoms with Crippen molar-refractivity contribution in [2.45, 2.75) is 53.1 Å². The summed E-state index contributed by atoms with van der Waals surface area (Å²) in [6.45, 7) is 11.7. The molecule has 4 aromatic rings. The number of benzene rings is 2. The summed E-state index contributed by atoms with van der Waals surface area (Å²) in [6.07, 6.45) is 2.62. The van der Waals surface area contributed by atoms with E-state index in [1.54, 1.807) is 30.3 Å². The lowest BCUT2D eigenvalue weighted by Gasteiger charge is -2.36. The minimum atomic E-state index is -0.492. The Labute approximate surface area is 337 Å². The van der Waals surface area contributed by atoms with Gasteiger partial charge in [-0.3, -0.25) is 4.79 Å². The van der Waals surface area contributed by atoms with Crippen LogP contribution in [0.15, 0.2) is 36.4 Å². The van der Waals surface area contributed by atoms with Crippen molar-refractivity contribution < 1.29 is 42.7 Å². The third-order valence-corrected chi connectivity index (χ3v) is 10.1. The Morgan fingerprint density at radius 2 is 1.28 bits per heavy atom. The second-order valence-electron chi connectivity index (χ2n) is 14.8. The van der Waals surface area contributed by atoms with E-state index in [0.717, 1.165) is 19.3 Å². The maximum absolute atomic E-state index is 14.2. The zero-order valence-electron chi connectivity index (χ0n) is 33.3. The van der Waals surface area contributed by atoms with Crippen LogP contribution in [0.25, 0.3) is 22.8 Å². The molecule has 17 heteroatoms. The number of aromatic nitrogens is 6. The fraction of sp³-hybridized carbons (Fsp3) is 0.512. The number of ether oxygens (including phenoxy) is 7. The fourth-order valence-corrected chi connectivity index (χ4v) is 7.06. The van der Waals surface area contributed by atoms with E-state index in [-0.39, 0.29) is 76.0 Å². The molecule has 1 aliphatic carbocycles. The summed E-state index contributed by atoms with van der Waals surface area (Å²) in [5.41, 5.74) is 1.40. The topological polar surface area (TPSA) is 200 Å². The number of anilines is 2. The minimum Gasteiger partial charge on any atom is -0.458 e. The largest absolute Gasteiger partial charge is 0.458 e. The summed E-state index contributed by atoms with van der Waals surface area (Å²) in [4.78, 5) is 54.9. The number of nitrogens with one attached hydrogen (secondary N) is 2. The Morgan fingerprint density at radius 3 is 1.84 bits per heavy atom. The number of hydrogen-bond acceptors (Lipinski definition) is 17. The Hall–Kier alpha value is -5.36. The lowest BCUT2D eigenvalue weighted by atomic mass is 9.75. The molecular weight excluding hydrogens is 748 g/mol. The van der Waals surface area contributed by atoms with Crippen LogP contribution in [0.2, 0.25) is 0 Å². The van der Waals surface area contributed by atoms with Crippen LogP contribution in [0.3, 0.4) is 0 Å². The molecule has 1 fully saturated rings. The molecule has 17 nitrogen and oxygen atoms in total. The van der Waals surface area contributed by atoms with Gasteiger partial charge in [0.05, 0.1) is 64.0 Å². The minimum absolute atomic E-state index is 0.0490. The van der Waals surface area contributed by atoms with Crippen LogP contribution in [0.1, 0.15) is 67.7 Å². The van der Waals surface area contributed by atoms with E-state index in [1.165, 1.54) is 13.0 Å². The number of nitrogens with zero attached hydrogens (tertiary/aromatic N) is 6. The van der Waals surface area contributed by atoms with Crippen LogP contribution < -0.4 is 20.1 Å². The van der Waals surface area contributed by atoms with Crippen LogP contribution in [-0.4, -0.2) is 114 Å². The zero-order chi connectivity index (χ0) is 40.4. The Bertz CT molecular complexity index is 2070. The first-order chi connectivity index (χ1) is 28.2. The number of ketones is 1. The van der Waals surface area contributed by atoms with E-state index in [2.05, 4.69) is 51.3 Å². The van der Waals surface area contributed by atoms with Crippen molar-refractivity contribution in [3.63, 3.8) is 0 Å². The van der Waals surface area contributed by atoms with E-state index in [0.29, 0.717) is 88.9 Å². The lowest BCUT2D eigenvalue weighted by molar-refractivity contribution is -0.0174. The highest BCUT2D eigenvalue weighted by Crippen LogP contribution is 2.37. The van der Waals surface area contributed by atoms with Gasteiger partial charge in [0.1, 0.15) is 17.6 Å². The number of esters is 1. The van der Waals surface area contributed by atoms with Crippen molar-refractivity contribution in [1.82, 2.24) is 29.9 Å². The summed E-state index contributed by atoms with van der Waals surface area (Å²) >= 11 is 0. The van der Waals surface area contributed by atoms with E-state index in [9.17, 15) is 9.59 Å². The van der Waals surface area contributed by atoms with E-state index in [1.807, 2.05) is 0 Å². The van der Waals surface area contributed by atoms with Gasteiger partial charge in [0, 0.05) is 30.3 Å². The van der Waals surface area contributed by atoms with Crippen molar-refractivity contribution in [2.75, 3.05) is 76.6 Å². The maximum atomic E-state index is 14.2. The van der Waals surface area contributed by atoms with Crippen molar-refractivity contribution in [1.29, 1.82) is 0 Å². The first-order valence-corrected chi connectivity index (χ1v) is 19.9. The van der Waals surface area contributed by atoms with Gasteiger partial charge in [0.25, 0.3) is 0 Å². The molecule has 10 bridgehead atoms. The second kappa shape index (κ2) is 19.4. The molecule has 0 saturated heterocycles. The van der Waals surface area contributed by atoms with Gasteiger partial charge in [-0.2, -0.15) is 29.9 Å². The van der Waals surface area contributed by atoms with E-state index < -0.39 is 5.97 Å². The average molecular weight is 799 g/mol. The van der Waals surface area contributed by atoms with Crippen molar-refractivity contribution in [3.05, 3.63) is 47.5 Å². The molecule has 7 rings (SSSR count). The fourth-order valence-electron chi connectivity index (χ4n) is 7.06. The first kappa shape index (κ1) is 40.8. The zero-order valence-corrected chi connectivity index (χ0v) is 33.3. The Balaban J connectivity index is 1.34. The van der Waals surface area contributed by atoms with Crippen molar-refractivity contribution >= 4 is 23.6 Å². The van der Waals surface area contributed by atoms with Crippen LogP contribution in [0.4, 0.5) is 11.9 Å². The molecule has 3 atom stereocenters. The number of rotatable bonds is 4. The van der Waals surface area contributed by atoms with Gasteiger partial charge >= 0.3 is 18.0 Å². The maximum Gasteiger partial charge on any atom is 0.338 e. The number of fused-ring (bicyclic) bond motifs is 6. The quantitative estimate of drug-likeness (QED) is 0.158. The Morgan fingerprint density at radius 1 is 0.707 bits per heavy atom. The number of carbonyl (C=O) groups excluding carboxylic acids is 2. The normalized spacial score (nSPS) is 20.6. The van der Waals surface area contributed by atoms with Crippen molar-refractivity contribution in [3.8, 4) is 46.3 Å². The van der Waals surface area contributed by atoms with E-state index in [4.69, 9.17) is 43.1 Å². The summed E-state index contributed by atoms with van der Waals surface area (Å²) in [5, 5.41) is 6.38. The molecule has 2 aromatic heterocycles. The van der Waals surface area contributed by atoms with Crippen molar-refractivity contribution in [2.24, 2.45) is 17.8 Å². The standard InChI is InChI=1S/C41H50N8O9/c1-24(2)31-7-5-25(3)19-33(31)57-37(51)29-21-27-20-28(22-29)36-45-39-43-10-12-53-14-16-55-18-17-54-15-13-52-11-9-42-38-44-35(27)46-40(48-38)56-30-6-8-32(26(4)50)34(23-30)58-41(47-36)49-39/h6,8,20-25,31,33H,5,7,9-19H2,1-4H3,(H,42,44,46,48)(H,43,45,47,49)/t25-,31+,33-/m1/s1. The van der Waals surface area contributed by atoms with Crippen LogP contribution >= 0.6 is 0 Å². The van der Waals surface area contributed by atoms with Gasteiger partial charge in [-0.15, -0.1) is 0 Å². The summed E-state index contributed by atoms with van der Waals surface area (Å²) in [6, 6.07) is 9.70. The molecule has 0 unspecified atom stereocenters. The SMILES string of the molecule is CC(=O)c1ccc2cc1Oc1nc3nc(n1)-c1cc(C(=O)O[C@@H]4C[C@H](C)CC[C@H]4C(C)C)cc(c1)-c1nc(nc(n1)O2)NCCOCCOCCOCCOCCN3. The first-order valence-electron chi connectivity index (χ1n) is 19.9. The molecule has 2 aliphatic heterocycles. The number of carbonyl (C=O) groups is 2. The molecule has 1 saturated carbocycles. The summed E-state index contributed by atoms with van der Waals surface area (Å²) in [5.74, 6) is 1.43. The predicted molar refractivity (Wildman–Crippen MR) is 211 cm³/mol. The van der Waals surface area contributed by atoms with Gasteiger partial charge in [-0.05, 0) is 67.9 Å². The number of hydrogen-bond donors (Lipinski definition) is 2. The third-order valence-electron chi connectivity index (χ3n) is 10.1. The lowest BCUT2D eigenvalue weighted by Crippen LogP contribution is -2.35. The molecule has 2 aromatic carbocycles. The summed E-state index contributed by atoms with van der Waals surface area (Å²) < 4.78 is 41.5. The second-order valence-corrected chi connectivity index (χ2v) is 14.8. The molecule has 58 heavy (non-hydrogen) atoms. The van der Waals surface area contributed by atoms with Gasteiger partial charge in [0.15, 0.2) is 17.4 Å². The van der Waals surface area contributed by atoms with Crippen LogP contribution in [0, 0.1) is 17.8 Å². The molecule has 308 valence electrons. The highest BCUT2D eigenvalue weighted by Gasteiger charge is 2.34. The van der Waals surface area contributed by atoms with Gasteiger partial charge < -0.3 is 43.8 Å². The van der Waals surface area contributed by atoms with Crippen LogP contribution in [0.5, 0.6) is 23.5 Å². The van der Waals surface area contributed by atoms with Gasteiger partial charge in [-0.25, -0.2) is 4.79 Å². The predicted octanol–water partition coefficient (Wildman–Crippen LogP) is 6.01. The molecule has 4 heterocycles. The molecule has 2 N–H and O–H groups in total. The van der Waals surface area contributed by atoms with E-state index >= 15 is 0 Å². The third kappa shape index (κ3) is 10.8. The monoisotopic (exact) mass is 798 g/mol. The molecular formula is C41H50N8O9. The molecule has 0 spiro atoms. The number of Topliss-reactive ketones (excluding diaryl/α,β-unsaturated/α-hetero) is 1. The summed E-state index contributed by atoms with van der Waals surface area (Å²) in [7, 11) is 0. The molecule has 0 radical (unpaired) electrons. The molecule has 3 aliphatic rings. The van der Waals surface area contributed by atoms with Crippen LogP contribution in [-0.2, 0) is 23.7 Å². The highest BCUT2D eigenvalue weighted by molar-refractivity contribution is 5.97. The van der Waals surface area contributed by atoms with Gasteiger partial charge in [0.2, 0.25) is 11.9 Å². The average Bonchev–Trinajstić information content (AvgIpc) is 3.19. The Kier molecular flexibility index (Phi) is 13.6. The molecule has 0 amide bonds.